The minimum Gasteiger partial charge on any atom is -0.465 e. The molecule has 0 spiro atoms. The largest absolute Gasteiger partial charge is 0.465 e. The number of para-hydroxylation sites is 1. The molecular weight excluding hydrogens is 436 g/mol. The maximum atomic E-state index is 13.1. The smallest absolute Gasteiger partial charge is 0.296 e. The first-order valence-electron chi connectivity index (χ1n) is 11.7. The van der Waals surface area contributed by atoms with Gasteiger partial charge in [0.05, 0.1) is 6.61 Å². The monoisotopic (exact) mass is 462 g/mol. The molecule has 1 amide bonds. The molecule has 5 heteroatoms. The number of carbonyl (C=O) groups is 1. The predicted octanol–water partition coefficient (Wildman–Crippen LogP) is 6.69. The number of aliphatic imine (C=N–C) groups is 1. The molecule has 4 aromatic carbocycles. The fourth-order valence-electron chi connectivity index (χ4n) is 4.21. The highest BCUT2D eigenvalue weighted by molar-refractivity contribution is 6.01. The van der Waals surface area contributed by atoms with Crippen molar-refractivity contribution in [3.63, 3.8) is 0 Å². The highest BCUT2D eigenvalue weighted by Gasteiger charge is 2.23. The normalized spacial score (nSPS) is 12.8. The van der Waals surface area contributed by atoms with Crippen LogP contribution in [-0.2, 0) is 17.8 Å². The van der Waals surface area contributed by atoms with Crippen LogP contribution in [0.3, 0.4) is 0 Å². The van der Waals surface area contributed by atoms with Gasteiger partial charge in [0, 0.05) is 18.7 Å². The molecule has 0 fully saturated rings. The van der Waals surface area contributed by atoms with Gasteiger partial charge in [-0.25, -0.2) is 0 Å². The van der Waals surface area contributed by atoms with E-state index in [4.69, 9.17) is 9.47 Å². The summed E-state index contributed by atoms with van der Waals surface area (Å²) in [4.78, 5) is 19.5. The molecular formula is C30H26N2O3. The van der Waals surface area contributed by atoms with E-state index in [1.807, 2.05) is 54.3 Å². The van der Waals surface area contributed by atoms with Crippen molar-refractivity contribution in [2.45, 2.75) is 20.0 Å². The van der Waals surface area contributed by atoms with Crippen LogP contribution in [0.4, 0.5) is 0 Å². The number of benzene rings is 4. The van der Waals surface area contributed by atoms with Crippen LogP contribution in [0.15, 0.2) is 108 Å². The van der Waals surface area contributed by atoms with E-state index in [-0.39, 0.29) is 5.91 Å². The van der Waals surface area contributed by atoms with Gasteiger partial charge in [0.1, 0.15) is 11.5 Å². The van der Waals surface area contributed by atoms with Crippen LogP contribution in [0, 0.1) is 0 Å². The first-order valence-corrected chi connectivity index (χ1v) is 11.7. The van der Waals surface area contributed by atoms with Gasteiger partial charge in [-0.2, -0.15) is 4.99 Å². The molecule has 0 aliphatic carbocycles. The summed E-state index contributed by atoms with van der Waals surface area (Å²) in [6.45, 7) is 3.51. The molecule has 0 saturated carbocycles. The third-order valence-corrected chi connectivity index (χ3v) is 5.87. The third-order valence-electron chi connectivity index (χ3n) is 5.87. The van der Waals surface area contributed by atoms with Crippen molar-refractivity contribution in [2.24, 2.45) is 4.99 Å². The van der Waals surface area contributed by atoms with Crippen molar-refractivity contribution in [1.82, 2.24) is 4.90 Å². The molecule has 5 rings (SSSR count). The summed E-state index contributed by atoms with van der Waals surface area (Å²) in [6.07, 6.45) is 0. The molecule has 0 bridgehead atoms. The van der Waals surface area contributed by atoms with E-state index < -0.39 is 0 Å². The van der Waals surface area contributed by atoms with Gasteiger partial charge in [-0.05, 0) is 65.6 Å². The lowest BCUT2D eigenvalue weighted by Crippen LogP contribution is -2.32. The fourth-order valence-corrected chi connectivity index (χ4v) is 4.21. The van der Waals surface area contributed by atoms with Gasteiger partial charge in [-0.1, -0.05) is 66.7 Å². The standard InChI is InChI=1S/C30H26N2O3/c1-2-34-30(31-29(33)22-16-18-26(19-17-22)35-25-12-4-3-5-13-25)32-20-23-10-6-8-14-27(23)28-15-9-7-11-24(28)21-32/h3-19H,2,20-21H2,1H3/b31-30-. The van der Waals surface area contributed by atoms with E-state index in [1.165, 1.54) is 22.3 Å². The fraction of sp³-hybridized carbons (Fsp3) is 0.133. The molecule has 174 valence electrons. The second-order valence-corrected chi connectivity index (χ2v) is 8.24. The lowest BCUT2D eigenvalue weighted by atomic mass is 9.97. The number of fused-ring (bicyclic) bond motifs is 3. The Morgan fingerprint density at radius 2 is 1.29 bits per heavy atom. The van der Waals surface area contributed by atoms with Crippen molar-refractivity contribution in [3.05, 3.63) is 120 Å². The van der Waals surface area contributed by atoms with Crippen LogP contribution in [0.25, 0.3) is 11.1 Å². The summed E-state index contributed by atoms with van der Waals surface area (Å²) in [6, 6.07) is 33.5. The number of carbonyl (C=O) groups excluding carboxylic acids is 1. The first-order chi connectivity index (χ1) is 17.2. The molecule has 35 heavy (non-hydrogen) atoms. The van der Waals surface area contributed by atoms with Crippen molar-refractivity contribution >= 4 is 11.9 Å². The van der Waals surface area contributed by atoms with Crippen LogP contribution in [-0.4, -0.2) is 23.4 Å². The molecule has 5 nitrogen and oxygen atoms in total. The number of hydrogen-bond donors (Lipinski definition) is 0. The van der Waals surface area contributed by atoms with E-state index in [0.29, 0.717) is 37.0 Å². The minimum atomic E-state index is -0.356. The van der Waals surface area contributed by atoms with Crippen molar-refractivity contribution < 1.29 is 14.3 Å². The molecule has 0 aromatic heterocycles. The van der Waals surface area contributed by atoms with Crippen LogP contribution >= 0.6 is 0 Å². The lowest BCUT2D eigenvalue weighted by Gasteiger charge is -2.24. The summed E-state index contributed by atoms with van der Waals surface area (Å²) in [5.41, 5.74) is 5.20. The number of hydrogen-bond acceptors (Lipinski definition) is 3. The third kappa shape index (κ3) is 5.09. The topological polar surface area (TPSA) is 51.1 Å². The van der Waals surface area contributed by atoms with Gasteiger partial charge >= 0.3 is 0 Å². The molecule has 0 radical (unpaired) electrons. The highest BCUT2D eigenvalue weighted by Crippen LogP contribution is 2.32. The number of nitrogens with zero attached hydrogens (tertiary/aromatic N) is 2. The molecule has 0 saturated heterocycles. The summed E-state index contributed by atoms with van der Waals surface area (Å²) >= 11 is 0. The zero-order chi connectivity index (χ0) is 24.0. The van der Waals surface area contributed by atoms with Crippen molar-refractivity contribution in [1.29, 1.82) is 0 Å². The quantitative estimate of drug-likeness (QED) is 0.250. The Labute approximate surface area is 205 Å². The average Bonchev–Trinajstić information content (AvgIpc) is 3.06. The van der Waals surface area contributed by atoms with Crippen molar-refractivity contribution in [2.75, 3.05) is 6.61 Å². The molecule has 1 aliphatic heterocycles. The van der Waals surface area contributed by atoms with E-state index in [1.54, 1.807) is 24.3 Å². The summed E-state index contributed by atoms with van der Waals surface area (Å²) in [7, 11) is 0. The van der Waals surface area contributed by atoms with Crippen LogP contribution in [0.2, 0.25) is 0 Å². The zero-order valence-electron chi connectivity index (χ0n) is 19.6. The van der Waals surface area contributed by atoms with Gasteiger partial charge < -0.3 is 14.4 Å². The minimum absolute atomic E-state index is 0.327. The molecule has 4 aromatic rings. The number of amides is 1. The van der Waals surface area contributed by atoms with Gasteiger partial charge in [-0.3, -0.25) is 4.79 Å². The Kier molecular flexibility index (Phi) is 6.57. The van der Waals surface area contributed by atoms with Crippen LogP contribution in [0.5, 0.6) is 11.5 Å². The number of amidine groups is 1. The van der Waals surface area contributed by atoms with Crippen LogP contribution in [0.1, 0.15) is 28.4 Å². The van der Waals surface area contributed by atoms with Gasteiger partial charge in [0.2, 0.25) is 0 Å². The van der Waals surface area contributed by atoms with Gasteiger partial charge in [0.25, 0.3) is 11.9 Å². The maximum Gasteiger partial charge on any atom is 0.296 e. The van der Waals surface area contributed by atoms with Crippen LogP contribution < -0.4 is 4.74 Å². The van der Waals surface area contributed by atoms with E-state index >= 15 is 0 Å². The number of rotatable bonds is 4. The molecule has 0 N–H and O–H groups in total. The lowest BCUT2D eigenvalue weighted by molar-refractivity contribution is 0.0993. The number of ether oxygens (including phenoxy) is 2. The summed E-state index contributed by atoms with van der Waals surface area (Å²) < 4.78 is 11.7. The van der Waals surface area contributed by atoms with E-state index in [9.17, 15) is 4.79 Å². The molecule has 1 aliphatic rings. The second kappa shape index (κ2) is 10.3. The van der Waals surface area contributed by atoms with Gasteiger partial charge in [-0.15, -0.1) is 0 Å². The Balaban J connectivity index is 1.41. The molecule has 0 unspecified atom stereocenters. The Hall–Kier alpha value is -4.38. The second-order valence-electron chi connectivity index (χ2n) is 8.24. The molecule has 0 atom stereocenters. The van der Waals surface area contributed by atoms with E-state index in [2.05, 4.69) is 41.4 Å². The summed E-state index contributed by atoms with van der Waals surface area (Å²) in [5.74, 6) is 1.04. The summed E-state index contributed by atoms with van der Waals surface area (Å²) in [5, 5.41) is 0. The first kappa shape index (κ1) is 22.4. The van der Waals surface area contributed by atoms with E-state index in [0.717, 1.165) is 5.75 Å². The Morgan fingerprint density at radius 1 is 0.743 bits per heavy atom. The SMILES string of the molecule is CCO/C(=N\C(=O)c1ccc(Oc2ccccc2)cc1)N1Cc2ccccc2-c2ccccc2C1. The Morgan fingerprint density at radius 3 is 1.89 bits per heavy atom. The van der Waals surface area contributed by atoms with Crippen molar-refractivity contribution in [3.8, 4) is 22.6 Å². The highest BCUT2D eigenvalue weighted by atomic mass is 16.5. The molecule has 1 heterocycles. The maximum absolute atomic E-state index is 13.1. The Bertz CT molecular complexity index is 1300. The average molecular weight is 463 g/mol. The van der Waals surface area contributed by atoms with Gasteiger partial charge in [0.15, 0.2) is 0 Å². The zero-order valence-corrected chi connectivity index (χ0v) is 19.6. The predicted molar refractivity (Wildman–Crippen MR) is 137 cm³/mol.